The lowest BCUT2D eigenvalue weighted by Crippen LogP contribution is -2.17. The van der Waals surface area contributed by atoms with Crippen LogP contribution < -0.4 is 10.7 Å². The number of halogens is 1. The van der Waals surface area contributed by atoms with Crippen molar-refractivity contribution in [3.8, 4) is 11.1 Å². The summed E-state index contributed by atoms with van der Waals surface area (Å²) in [6, 6.07) is 22.6. The molecule has 0 aliphatic rings. The minimum atomic E-state index is -0.499. The van der Waals surface area contributed by atoms with Crippen molar-refractivity contribution in [2.45, 2.75) is 6.42 Å². The molecule has 0 saturated carbocycles. The molecule has 0 bridgehead atoms. The summed E-state index contributed by atoms with van der Waals surface area (Å²) in [5, 5.41) is 3.69. The summed E-state index contributed by atoms with van der Waals surface area (Å²) in [5.74, 6) is -0.754. The van der Waals surface area contributed by atoms with Gasteiger partial charge >= 0.3 is 0 Å². The maximum Gasteiger partial charge on any atom is 0.229 e. The SMILES string of the molecule is O=C(Cc1ccccc1)Nc1sc2ccccc2c(=O)c1-c1ccccc1F. The van der Waals surface area contributed by atoms with Gasteiger partial charge in [-0.05, 0) is 23.8 Å². The maximum atomic E-state index is 14.5. The number of hydrogen-bond donors (Lipinski definition) is 1. The van der Waals surface area contributed by atoms with E-state index in [-0.39, 0.29) is 28.9 Å². The minimum Gasteiger partial charge on any atom is -0.317 e. The van der Waals surface area contributed by atoms with E-state index in [1.807, 2.05) is 42.5 Å². The molecule has 4 aromatic rings. The number of anilines is 1. The van der Waals surface area contributed by atoms with Crippen molar-refractivity contribution in [1.29, 1.82) is 0 Å². The van der Waals surface area contributed by atoms with Gasteiger partial charge in [0.25, 0.3) is 0 Å². The molecule has 0 spiro atoms. The summed E-state index contributed by atoms with van der Waals surface area (Å²) in [6.45, 7) is 0. The molecule has 1 heterocycles. The van der Waals surface area contributed by atoms with Gasteiger partial charge < -0.3 is 5.32 Å². The van der Waals surface area contributed by atoms with E-state index in [9.17, 15) is 14.0 Å². The lowest BCUT2D eigenvalue weighted by molar-refractivity contribution is -0.115. The van der Waals surface area contributed by atoms with E-state index in [1.165, 1.54) is 17.4 Å². The Kier molecular flexibility index (Phi) is 5.00. The van der Waals surface area contributed by atoms with Gasteiger partial charge in [-0.25, -0.2) is 4.39 Å². The fourth-order valence-electron chi connectivity index (χ4n) is 3.09. The molecule has 0 unspecified atom stereocenters. The van der Waals surface area contributed by atoms with Crippen molar-refractivity contribution in [1.82, 2.24) is 0 Å². The van der Waals surface area contributed by atoms with Crippen LogP contribution in [0.4, 0.5) is 9.39 Å². The van der Waals surface area contributed by atoms with Crippen LogP contribution in [0.3, 0.4) is 0 Å². The molecule has 0 radical (unpaired) electrons. The molecule has 1 aromatic heterocycles. The quantitative estimate of drug-likeness (QED) is 0.518. The van der Waals surface area contributed by atoms with E-state index in [0.29, 0.717) is 10.4 Å². The van der Waals surface area contributed by atoms with E-state index in [0.717, 1.165) is 10.3 Å². The minimum absolute atomic E-state index is 0.172. The first-order chi connectivity index (χ1) is 13.6. The van der Waals surface area contributed by atoms with Gasteiger partial charge in [-0.3, -0.25) is 9.59 Å². The topological polar surface area (TPSA) is 46.2 Å². The molecular weight excluding hydrogens is 373 g/mol. The molecule has 4 rings (SSSR count). The van der Waals surface area contributed by atoms with Crippen molar-refractivity contribution in [2.75, 3.05) is 5.32 Å². The second-order valence-electron chi connectivity index (χ2n) is 6.32. The lowest BCUT2D eigenvalue weighted by Gasteiger charge is -2.12. The molecular formula is C23H16FNO2S. The van der Waals surface area contributed by atoms with Gasteiger partial charge in [-0.1, -0.05) is 60.7 Å². The highest BCUT2D eigenvalue weighted by molar-refractivity contribution is 7.22. The number of nitrogens with one attached hydrogen (secondary N) is 1. The highest BCUT2D eigenvalue weighted by Gasteiger charge is 2.19. The number of hydrogen-bond acceptors (Lipinski definition) is 3. The molecule has 0 saturated heterocycles. The number of carbonyl (C=O) groups excluding carboxylic acids is 1. The predicted octanol–water partition coefficient (Wildman–Crippen LogP) is 5.25. The van der Waals surface area contributed by atoms with E-state index < -0.39 is 5.82 Å². The van der Waals surface area contributed by atoms with Gasteiger partial charge in [-0.15, -0.1) is 11.3 Å². The van der Waals surface area contributed by atoms with Crippen LogP contribution in [-0.2, 0) is 11.2 Å². The Morgan fingerprint density at radius 1 is 0.893 bits per heavy atom. The molecule has 1 amide bonds. The number of carbonyl (C=O) groups is 1. The smallest absolute Gasteiger partial charge is 0.229 e. The van der Waals surface area contributed by atoms with Crippen molar-refractivity contribution in [3.63, 3.8) is 0 Å². The molecule has 1 N–H and O–H groups in total. The van der Waals surface area contributed by atoms with Gasteiger partial charge in [-0.2, -0.15) is 0 Å². The van der Waals surface area contributed by atoms with Crippen LogP contribution in [0, 0.1) is 5.82 Å². The largest absolute Gasteiger partial charge is 0.317 e. The normalized spacial score (nSPS) is 10.8. The third-order valence-electron chi connectivity index (χ3n) is 4.40. The average Bonchev–Trinajstić information content (AvgIpc) is 2.70. The highest BCUT2D eigenvalue weighted by atomic mass is 32.1. The third-order valence-corrected chi connectivity index (χ3v) is 5.49. The van der Waals surface area contributed by atoms with Crippen molar-refractivity contribution in [2.24, 2.45) is 0 Å². The summed E-state index contributed by atoms with van der Waals surface area (Å²) in [4.78, 5) is 25.7. The molecule has 3 aromatic carbocycles. The number of amides is 1. The van der Waals surface area contributed by atoms with Gasteiger partial charge in [0.1, 0.15) is 10.8 Å². The zero-order chi connectivity index (χ0) is 19.5. The predicted molar refractivity (Wildman–Crippen MR) is 112 cm³/mol. The van der Waals surface area contributed by atoms with E-state index >= 15 is 0 Å². The van der Waals surface area contributed by atoms with Gasteiger partial charge in [0.05, 0.1) is 12.0 Å². The molecule has 0 aliphatic heterocycles. The summed E-state index contributed by atoms with van der Waals surface area (Å²) >= 11 is 1.27. The second kappa shape index (κ2) is 7.74. The van der Waals surface area contributed by atoms with Crippen LogP contribution in [0.5, 0.6) is 0 Å². The monoisotopic (exact) mass is 389 g/mol. The summed E-state index contributed by atoms with van der Waals surface area (Å²) < 4.78 is 15.2. The first kappa shape index (κ1) is 18.1. The highest BCUT2D eigenvalue weighted by Crippen LogP contribution is 2.34. The first-order valence-corrected chi connectivity index (χ1v) is 9.59. The zero-order valence-electron chi connectivity index (χ0n) is 14.8. The Morgan fingerprint density at radius 2 is 1.57 bits per heavy atom. The van der Waals surface area contributed by atoms with Crippen LogP contribution in [-0.4, -0.2) is 5.91 Å². The van der Waals surface area contributed by atoms with Crippen molar-refractivity contribution in [3.05, 3.63) is 100 Å². The summed E-state index contributed by atoms with van der Waals surface area (Å²) in [5.41, 5.74) is 0.933. The number of rotatable bonds is 4. The molecule has 3 nitrogen and oxygen atoms in total. The van der Waals surface area contributed by atoms with Gasteiger partial charge in [0.2, 0.25) is 5.91 Å². The van der Waals surface area contributed by atoms with Crippen molar-refractivity contribution >= 4 is 32.3 Å². The van der Waals surface area contributed by atoms with Crippen molar-refractivity contribution < 1.29 is 9.18 Å². The van der Waals surface area contributed by atoms with Crippen LogP contribution in [0.1, 0.15) is 5.56 Å². The Morgan fingerprint density at radius 3 is 2.36 bits per heavy atom. The zero-order valence-corrected chi connectivity index (χ0v) is 15.6. The lowest BCUT2D eigenvalue weighted by atomic mass is 10.0. The van der Waals surface area contributed by atoms with Crippen LogP contribution in [0.25, 0.3) is 21.2 Å². The molecule has 0 atom stereocenters. The number of benzene rings is 3. The number of fused-ring (bicyclic) bond motifs is 1. The molecule has 0 fully saturated rings. The Balaban J connectivity index is 1.82. The van der Waals surface area contributed by atoms with E-state index in [4.69, 9.17) is 0 Å². The molecule has 138 valence electrons. The molecule has 5 heteroatoms. The molecule has 28 heavy (non-hydrogen) atoms. The Bertz CT molecular complexity index is 1220. The molecule has 0 aliphatic carbocycles. The van der Waals surface area contributed by atoms with E-state index in [1.54, 1.807) is 30.3 Å². The fourth-order valence-corrected chi connectivity index (χ4v) is 4.20. The summed E-state index contributed by atoms with van der Waals surface area (Å²) in [6.07, 6.45) is 0.172. The van der Waals surface area contributed by atoms with Gasteiger partial charge in [0.15, 0.2) is 5.43 Å². The van der Waals surface area contributed by atoms with Gasteiger partial charge in [0, 0.05) is 15.6 Å². The third kappa shape index (κ3) is 3.57. The maximum absolute atomic E-state index is 14.5. The average molecular weight is 389 g/mol. The first-order valence-electron chi connectivity index (χ1n) is 8.78. The van der Waals surface area contributed by atoms with Crippen LogP contribution in [0.2, 0.25) is 0 Å². The van der Waals surface area contributed by atoms with Crippen LogP contribution in [0.15, 0.2) is 83.7 Å². The fraction of sp³-hybridized carbons (Fsp3) is 0.0435. The summed E-state index contributed by atoms with van der Waals surface area (Å²) in [7, 11) is 0. The van der Waals surface area contributed by atoms with E-state index in [2.05, 4.69) is 5.32 Å². The second-order valence-corrected chi connectivity index (χ2v) is 7.37. The van der Waals surface area contributed by atoms with Crippen LogP contribution >= 0.6 is 11.3 Å². The standard InChI is InChI=1S/C23H16FNO2S/c24-18-12-6-4-10-16(18)21-22(27)17-11-5-7-13-19(17)28-23(21)25-20(26)14-15-8-2-1-3-9-15/h1-13H,14H2,(H,25,26). The Labute approximate surface area is 165 Å². The Hall–Kier alpha value is -3.31.